The first-order chi connectivity index (χ1) is 14.4. The molecule has 2 aromatic heterocycles. The Morgan fingerprint density at radius 2 is 1.70 bits per heavy atom. The molecule has 2 aromatic carbocycles. The van der Waals surface area contributed by atoms with Crippen molar-refractivity contribution in [2.75, 3.05) is 0 Å². The number of fused-ring (bicyclic) bond motifs is 1. The van der Waals surface area contributed by atoms with Crippen LogP contribution in [0, 0.1) is 0 Å². The van der Waals surface area contributed by atoms with Crippen molar-refractivity contribution in [2.45, 2.75) is 19.5 Å². The summed E-state index contributed by atoms with van der Waals surface area (Å²) >= 11 is 0. The maximum Gasteiger partial charge on any atom is 0.573 e. The van der Waals surface area contributed by atoms with Crippen LogP contribution in [0.15, 0.2) is 71.8 Å². The van der Waals surface area contributed by atoms with Crippen LogP contribution in [0.25, 0.3) is 16.8 Å². The van der Waals surface area contributed by atoms with Crippen molar-refractivity contribution in [2.24, 2.45) is 0 Å². The lowest BCUT2D eigenvalue weighted by Gasteiger charge is -2.14. The Balaban J connectivity index is 1.80. The highest BCUT2D eigenvalue weighted by molar-refractivity contribution is 5.72. The van der Waals surface area contributed by atoms with Crippen LogP contribution in [0.5, 0.6) is 5.75 Å². The molecule has 9 heteroatoms. The van der Waals surface area contributed by atoms with Crippen LogP contribution in [0.3, 0.4) is 0 Å². The minimum atomic E-state index is -4.84. The lowest BCUT2D eigenvalue weighted by atomic mass is 10.1. The average Bonchev–Trinajstić information content (AvgIpc) is 3.10. The number of halogens is 3. The zero-order chi connectivity index (χ0) is 21.3. The highest BCUT2D eigenvalue weighted by atomic mass is 19.4. The maximum atomic E-state index is 13.1. The van der Waals surface area contributed by atoms with E-state index in [1.165, 1.54) is 39.7 Å². The molecule has 0 spiro atoms. The summed E-state index contributed by atoms with van der Waals surface area (Å²) in [5.74, 6) is -0.377. The van der Waals surface area contributed by atoms with E-state index in [1.807, 2.05) is 30.3 Å². The van der Waals surface area contributed by atoms with Crippen LogP contribution >= 0.6 is 0 Å². The predicted octanol–water partition coefficient (Wildman–Crippen LogP) is 3.60. The number of rotatable bonds is 5. The van der Waals surface area contributed by atoms with Gasteiger partial charge in [0.1, 0.15) is 11.3 Å². The molecule has 0 atom stereocenters. The fourth-order valence-electron chi connectivity index (χ4n) is 3.30. The van der Waals surface area contributed by atoms with Crippen LogP contribution < -0.4 is 10.3 Å². The molecule has 0 aliphatic carbocycles. The highest BCUT2D eigenvalue weighted by Gasteiger charge is 2.32. The van der Waals surface area contributed by atoms with E-state index >= 15 is 0 Å². The summed E-state index contributed by atoms with van der Waals surface area (Å²) in [6.07, 6.45) is -1.89. The number of para-hydroxylation sites is 1. The third-order valence-corrected chi connectivity index (χ3v) is 4.60. The summed E-state index contributed by atoms with van der Waals surface area (Å²) in [6, 6.07) is 14.7. The number of aliphatic hydroxyl groups is 1. The van der Waals surface area contributed by atoms with Gasteiger partial charge in [0.05, 0.1) is 18.8 Å². The maximum absolute atomic E-state index is 13.1. The molecule has 0 aliphatic heterocycles. The Kier molecular flexibility index (Phi) is 5.04. The van der Waals surface area contributed by atoms with Crippen molar-refractivity contribution >= 4 is 5.52 Å². The summed E-state index contributed by atoms with van der Waals surface area (Å²) in [5.41, 5.74) is 1.41. The first kappa shape index (κ1) is 19.7. The molecule has 30 heavy (non-hydrogen) atoms. The van der Waals surface area contributed by atoms with E-state index in [1.54, 1.807) is 6.07 Å². The first-order valence-electron chi connectivity index (χ1n) is 8.98. The summed E-state index contributed by atoms with van der Waals surface area (Å²) in [7, 11) is 0. The van der Waals surface area contributed by atoms with Gasteiger partial charge in [-0.15, -0.1) is 13.2 Å². The molecule has 0 amide bonds. The number of ether oxygens (including phenoxy) is 1. The lowest BCUT2D eigenvalue weighted by Crippen LogP contribution is -2.24. The van der Waals surface area contributed by atoms with Crippen molar-refractivity contribution in [3.05, 3.63) is 88.5 Å². The predicted molar refractivity (Wildman–Crippen MR) is 103 cm³/mol. The van der Waals surface area contributed by atoms with Gasteiger partial charge in [0, 0.05) is 29.1 Å². The quantitative estimate of drug-likeness (QED) is 0.541. The molecule has 0 fully saturated rings. The Morgan fingerprint density at radius 1 is 1.00 bits per heavy atom. The molecule has 0 radical (unpaired) electrons. The van der Waals surface area contributed by atoms with Crippen LogP contribution in [0.2, 0.25) is 0 Å². The molecule has 154 valence electrons. The zero-order valence-corrected chi connectivity index (χ0v) is 15.5. The molecule has 4 rings (SSSR count). The van der Waals surface area contributed by atoms with Crippen LogP contribution in [-0.2, 0) is 13.2 Å². The summed E-state index contributed by atoms with van der Waals surface area (Å²) in [6.45, 7) is -0.556. The van der Waals surface area contributed by atoms with Gasteiger partial charge in [-0.05, 0) is 6.07 Å². The van der Waals surface area contributed by atoms with E-state index in [0.29, 0.717) is 11.3 Å². The van der Waals surface area contributed by atoms with Crippen molar-refractivity contribution in [3.63, 3.8) is 0 Å². The fraction of sp³-hybridized carbons (Fsp3) is 0.143. The van der Waals surface area contributed by atoms with E-state index in [0.717, 1.165) is 5.56 Å². The standard InChI is InChI=1S/C21H16F3N3O3/c22-21(23,24)30-17-9-5-4-8-15(17)12-26-10-11-27-19(20(26)29)16(13-28)18(25-27)14-6-2-1-3-7-14/h1-11,28H,12-13H2. The first-order valence-corrected chi connectivity index (χ1v) is 8.98. The Labute approximate surface area is 168 Å². The minimum Gasteiger partial charge on any atom is -0.405 e. The largest absolute Gasteiger partial charge is 0.573 e. The zero-order valence-electron chi connectivity index (χ0n) is 15.5. The number of aromatic nitrogens is 3. The number of hydrogen-bond acceptors (Lipinski definition) is 4. The van der Waals surface area contributed by atoms with Gasteiger partial charge in [0.25, 0.3) is 5.56 Å². The lowest BCUT2D eigenvalue weighted by molar-refractivity contribution is -0.274. The van der Waals surface area contributed by atoms with Crippen molar-refractivity contribution in [1.29, 1.82) is 0 Å². The summed E-state index contributed by atoms with van der Waals surface area (Å²) < 4.78 is 44.7. The molecular formula is C21H16F3N3O3. The fourth-order valence-corrected chi connectivity index (χ4v) is 3.30. The second-order valence-electron chi connectivity index (χ2n) is 6.53. The smallest absolute Gasteiger partial charge is 0.405 e. The van der Waals surface area contributed by atoms with Gasteiger partial charge in [-0.1, -0.05) is 48.5 Å². The van der Waals surface area contributed by atoms with Gasteiger partial charge >= 0.3 is 6.36 Å². The van der Waals surface area contributed by atoms with E-state index in [9.17, 15) is 23.1 Å². The number of nitrogens with zero attached hydrogens (tertiary/aromatic N) is 3. The van der Waals surface area contributed by atoms with Crippen LogP contribution in [0.4, 0.5) is 13.2 Å². The van der Waals surface area contributed by atoms with Gasteiger partial charge in [-0.25, -0.2) is 4.52 Å². The van der Waals surface area contributed by atoms with Crippen LogP contribution in [0.1, 0.15) is 11.1 Å². The second kappa shape index (κ2) is 7.68. The van der Waals surface area contributed by atoms with Gasteiger partial charge in [0.15, 0.2) is 0 Å². The van der Waals surface area contributed by atoms with Gasteiger partial charge in [0.2, 0.25) is 0 Å². The minimum absolute atomic E-state index is 0.141. The number of hydrogen-bond donors (Lipinski definition) is 1. The third kappa shape index (κ3) is 3.79. The molecule has 2 heterocycles. The molecule has 4 aromatic rings. The van der Waals surface area contributed by atoms with Gasteiger partial charge in [-0.3, -0.25) is 4.79 Å². The number of aliphatic hydroxyl groups excluding tert-OH is 1. The number of benzene rings is 2. The SMILES string of the molecule is O=c1c2c(CO)c(-c3ccccc3)nn2ccn1Cc1ccccc1OC(F)(F)F. The van der Waals surface area contributed by atoms with Gasteiger partial charge in [-0.2, -0.15) is 5.10 Å². The molecule has 0 unspecified atom stereocenters. The van der Waals surface area contributed by atoms with E-state index in [4.69, 9.17) is 0 Å². The molecular weight excluding hydrogens is 399 g/mol. The molecule has 6 nitrogen and oxygen atoms in total. The molecule has 1 N–H and O–H groups in total. The van der Waals surface area contributed by atoms with Crippen molar-refractivity contribution in [3.8, 4) is 17.0 Å². The Morgan fingerprint density at radius 3 is 2.40 bits per heavy atom. The third-order valence-electron chi connectivity index (χ3n) is 4.60. The Bertz CT molecular complexity index is 1250. The average molecular weight is 415 g/mol. The van der Waals surface area contributed by atoms with E-state index in [-0.39, 0.29) is 23.4 Å². The normalized spacial score (nSPS) is 11.7. The van der Waals surface area contributed by atoms with Crippen molar-refractivity contribution < 1.29 is 23.0 Å². The van der Waals surface area contributed by atoms with E-state index < -0.39 is 18.5 Å². The van der Waals surface area contributed by atoms with E-state index in [2.05, 4.69) is 9.84 Å². The van der Waals surface area contributed by atoms with Crippen molar-refractivity contribution in [1.82, 2.24) is 14.2 Å². The topological polar surface area (TPSA) is 68.8 Å². The number of alkyl halides is 3. The monoisotopic (exact) mass is 415 g/mol. The summed E-state index contributed by atoms with van der Waals surface area (Å²) in [4.78, 5) is 13.1. The summed E-state index contributed by atoms with van der Waals surface area (Å²) in [5, 5.41) is 14.3. The molecule has 0 saturated carbocycles. The highest BCUT2D eigenvalue weighted by Crippen LogP contribution is 2.27. The Hall–Kier alpha value is -3.59. The second-order valence-corrected chi connectivity index (χ2v) is 6.53. The molecule has 0 aliphatic rings. The molecule has 0 bridgehead atoms. The van der Waals surface area contributed by atoms with Gasteiger partial charge < -0.3 is 14.4 Å². The molecule has 0 saturated heterocycles. The van der Waals surface area contributed by atoms with Crippen LogP contribution in [-0.4, -0.2) is 25.7 Å².